The van der Waals surface area contributed by atoms with Crippen molar-refractivity contribution in [2.24, 2.45) is 0 Å². The van der Waals surface area contributed by atoms with Gasteiger partial charge in [-0.3, -0.25) is 27.8 Å². The number of ether oxygens (including phenoxy) is 1. The molecule has 0 amide bonds. The number of phosphoric ester groups is 1. The van der Waals surface area contributed by atoms with E-state index in [2.05, 4.69) is 13.1 Å². The average molecular weight is 508 g/mol. The lowest BCUT2D eigenvalue weighted by atomic mass is 10.1. The van der Waals surface area contributed by atoms with Crippen LogP contribution in [0.4, 0.5) is 0 Å². The largest absolute Gasteiger partial charge is 0.790 e. The van der Waals surface area contributed by atoms with Crippen molar-refractivity contribution in [1.29, 1.82) is 0 Å². The first-order valence-electron chi connectivity index (χ1n) is 8.12. The van der Waals surface area contributed by atoms with E-state index in [1.165, 1.54) is 0 Å². The van der Waals surface area contributed by atoms with E-state index in [0.29, 0.717) is 0 Å². The second-order valence-electron chi connectivity index (χ2n) is 6.02. The predicted molar refractivity (Wildman–Crippen MR) is 87.6 cm³/mol. The van der Waals surface area contributed by atoms with Crippen molar-refractivity contribution in [2.75, 3.05) is 6.61 Å². The molecule has 3 unspecified atom stereocenters. The lowest BCUT2D eigenvalue weighted by Crippen LogP contribution is -2.38. The van der Waals surface area contributed by atoms with Crippen molar-refractivity contribution in [3.05, 3.63) is 32.6 Å². The topological polar surface area (TPSA) is 276 Å². The van der Waals surface area contributed by atoms with Crippen LogP contribution in [0.2, 0.25) is 0 Å². The molecule has 0 radical (unpaired) electrons. The van der Waals surface area contributed by atoms with Crippen LogP contribution < -0.4 is 30.8 Å². The summed E-state index contributed by atoms with van der Waals surface area (Å²) in [6.07, 6.45) is -5.66. The van der Waals surface area contributed by atoms with Crippen molar-refractivity contribution in [1.82, 2.24) is 9.55 Å². The lowest BCUT2D eigenvalue weighted by molar-refractivity contribution is -0.339. The van der Waals surface area contributed by atoms with Crippen molar-refractivity contribution in [3.8, 4) is 0 Å². The number of aromatic amines is 1. The molecule has 20 heteroatoms. The van der Waals surface area contributed by atoms with Crippen LogP contribution in [0.25, 0.3) is 0 Å². The molecule has 6 atom stereocenters. The molecule has 0 spiro atoms. The first kappa shape index (κ1) is 26.2. The Morgan fingerprint density at radius 1 is 1.10 bits per heavy atom. The number of aliphatic hydroxyl groups is 2. The number of hydrogen-bond acceptors (Lipinski definition) is 15. The molecule has 1 fully saturated rings. The van der Waals surface area contributed by atoms with Crippen LogP contribution in [0, 0.1) is 0 Å². The fourth-order valence-electron chi connectivity index (χ4n) is 2.51. The second-order valence-corrected chi connectivity index (χ2v) is 10.3. The Morgan fingerprint density at radius 2 is 1.71 bits per heavy atom. The maximum Gasteiger partial charge on any atom is 0.330 e. The fraction of sp³-hybridized carbons (Fsp3) is 0.636. The summed E-state index contributed by atoms with van der Waals surface area (Å²) < 4.78 is 49.4. The minimum atomic E-state index is -6.18. The van der Waals surface area contributed by atoms with Gasteiger partial charge in [-0.1, -0.05) is 6.92 Å². The summed E-state index contributed by atoms with van der Waals surface area (Å²) in [6, 6.07) is 0. The summed E-state index contributed by atoms with van der Waals surface area (Å²) in [5, 5.41) is 20.1. The van der Waals surface area contributed by atoms with Crippen LogP contribution in [-0.4, -0.2) is 44.7 Å². The van der Waals surface area contributed by atoms with Gasteiger partial charge < -0.3 is 43.6 Å². The van der Waals surface area contributed by atoms with E-state index in [-0.39, 0.29) is 12.0 Å². The summed E-state index contributed by atoms with van der Waals surface area (Å²) in [7, 11) is -18.2. The Bertz CT molecular complexity index is 1060. The van der Waals surface area contributed by atoms with E-state index in [1.54, 1.807) is 6.92 Å². The highest BCUT2D eigenvalue weighted by atomic mass is 31.3. The number of aromatic nitrogens is 2. The normalized spacial score (nSPS) is 28.2. The number of hydrogen-bond donors (Lipinski definition) is 3. The van der Waals surface area contributed by atoms with Gasteiger partial charge in [-0.15, -0.1) is 0 Å². The van der Waals surface area contributed by atoms with Crippen molar-refractivity contribution < 1.29 is 61.4 Å². The standard InChI is InChI=1S/C11H19N2O15P3/c1-2-5-3-13(11(17)12-9(5)16)10-8(15)7(14)6(26-10)4-25-30(21,22)28-31(23,24)27-29(18,19)20/h3,6-8,10,14-15H,2,4H2,1H3,(H,21,22)(H,23,24)(H,12,16,17)(H2,18,19,20)/p-4/t6-,7?,8+,10-/m1/s1. The van der Waals surface area contributed by atoms with E-state index >= 15 is 0 Å². The molecule has 2 rings (SSSR count). The number of aliphatic hydroxyl groups excluding tert-OH is 2. The summed E-state index contributed by atoms with van der Waals surface area (Å²) in [5.74, 6) is 0. The number of nitrogens with one attached hydrogen (secondary N) is 1. The average Bonchev–Trinajstić information content (AvgIpc) is 2.85. The van der Waals surface area contributed by atoms with Crippen molar-refractivity contribution >= 4 is 23.5 Å². The summed E-state index contributed by atoms with van der Waals surface area (Å²) in [5.41, 5.74) is -1.57. The number of rotatable bonds is 9. The predicted octanol–water partition coefficient (Wildman–Crippen LogP) is -4.47. The van der Waals surface area contributed by atoms with Crippen molar-refractivity contribution in [2.45, 2.75) is 37.9 Å². The van der Waals surface area contributed by atoms with Crippen molar-refractivity contribution in [3.63, 3.8) is 0 Å². The minimum absolute atomic E-state index is 0.127. The van der Waals surface area contributed by atoms with Gasteiger partial charge in [0.2, 0.25) is 0 Å². The van der Waals surface area contributed by atoms with E-state index in [1.807, 2.05) is 4.98 Å². The summed E-state index contributed by atoms with van der Waals surface area (Å²) >= 11 is 0. The smallest absolute Gasteiger partial charge is 0.330 e. The zero-order chi connectivity index (χ0) is 23.8. The van der Waals surface area contributed by atoms with E-state index in [4.69, 9.17) is 4.74 Å². The lowest BCUT2D eigenvalue weighted by Gasteiger charge is -2.37. The zero-order valence-corrected chi connectivity index (χ0v) is 18.0. The molecule has 1 aromatic heterocycles. The first-order valence-corrected chi connectivity index (χ1v) is 12.5. The molecule has 1 aliphatic heterocycles. The molecule has 1 aromatic rings. The highest BCUT2D eigenvalue weighted by Gasteiger charge is 2.45. The van der Waals surface area contributed by atoms with Gasteiger partial charge in [-0.05, 0) is 6.42 Å². The molecule has 3 N–H and O–H groups in total. The Hall–Kier alpha value is -1.03. The molecular weight excluding hydrogens is 493 g/mol. The molecule has 0 bridgehead atoms. The first-order chi connectivity index (χ1) is 14.1. The van der Waals surface area contributed by atoms with Crippen LogP contribution in [0.1, 0.15) is 18.7 Å². The van der Waals surface area contributed by atoms with Gasteiger partial charge in [-0.2, -0.15) is 0 Å². The minimum Gasteiger partial charge on any atom is -0.790 e. The van der Waals surface area contributed by atoms with Crippen LogP contribution in [0.3, 0.4) is 0 Å². The van der Waals surface area contributed by atoms with E-state index in [0.717, 1.165) is 10.8 Å². The molecule has 0 aliphatic carbocycles. The van der Waals surface area contributed by atoms with Gasteiger partial charge in [0.15, 0.2) is 6.23 Å². The number of aryl methyl sites for hydroxylation is 1. The molecule has 0 saturated carbocycles. The van der Waals surface area contributed by atoms with Gasteiger partial charge in [0.05, 0.1) is 14.4 Å². The quantitative estimate of drug-likeness (QED) is 0.265. The third-order valence-electron chi connectivity index (χ3n) is 3.83. The molecule has 1 saturated heterocycles. The van der Waals surface area contributed by atoms with Gasteiger partial charge in [0.1, 0.15) is 18.3 Å². The van der Waals surface area contributed by atoms with Gasteiger partial charge in [0, 0.05) is 11.8 Å². The number of phosphoric acid groups is 3. The molecule has 31 heavy (non-hydrogen) atoms. The molecule has 1 aliphatic rings. The maximum atomic E-state index is 12.0. The third-order valence-corrected chi connectivity index (χ3v) is 7.50. The van der Waals surface area contributed by atoms with Crippen LogP contribution in [0.5, 0.6) is 0 Å². The molecule has 2 heterocycles. The SMILES string of the molecule is CCc1cn([C@@H]2O[C@H](COP(=O)([O-])OP(=O)([O-])OP(=O)([O-])[O-])C(O)[C@@H]2O)c(=O)[nH]c1=O. The Balaban J connectivity index is 2.12. The third kappa shape index (κ3) is 6.97. The molecular formula is C11H15N2O15P3-4. The Labute approximate surface area is 172 Å². The van der Waals surface area contributed by atoms with Gasteiger partial charge in [-0.25, -0.2) is 9.11 Å². The number of nitrogens with zero attached hydrogens (tertiary/aromatic N) is 1. The fourth-order valence-corrected chi connectivity index (χ4v) is 5.38. The Kier molecular flexibility index (Phi) is 7.99. The second kappa shape index (κ2) is 9.45. The molecule has 17 nitrogen and oxygen atoms in total. The molecule has 178 valence electrons. The van der Waals surface area contributed by atoms with Gasteiger partial charge >= 0.3 is 5.69 Å². The van der Waals surface area contributed by atoms with E-state index in [9.17, 15) is 53.1 Å². The Morgan fingerprint density at radius 3 is 2.26 bits per heavy atom. The van der Waals surface area contributed by atoms with Crippen LogP contribution in [-0.2, 0) is 38.0 Å². The van der Waals surface area contributed by atoms with E-state index < -0.39 is 65.9 Å². The van der Waals surface area contributed by atoms with Gasteiger partial charge in [0.25, 0.3) is 21.2 Å². The number of H-pyrrole nitrogens is 1. The monoisotopic (exact) mass is 508 g/mol. The highest BCUT2D eigenvalue weighted by molar-refractivity contribution is 7.64. The molecule has 0 aromatic carbocycles. The zero-order valence-electron chi connectivity index (χ0n) is 15.3. The van der Waals surface area contributed by atoms with Crippen LogP contribution >= 0.6 is 23.5 Å². The summed E-state index contributed by atoms with van der Waals surface area (Å²) in [4.78, 5) is 68.8. The van der Waals surface area contributed by atoms with Crippen LogP contribution in [0.15, 0.2) is 15.8 Å². The maximum absolute atomic E-state index is 12.0. The highest BCUT2D eigenvalue weighted by Crippen LogP contribution is 2.60. The summed E-state index contributed by atoms with van der Waals surface area (Å²) in [6.45, 7) is 0.431.